The first-order chi connectivity index (χ1) is 7.18. The Hall–Kier alpha value is -1.00. The molecule has 2 nitrogen and oxygen atoms in total. The van der Waals surface area contributed by atoms with Gasteiger partial charge in [0.15, 0.2) is 0 Å². The van der Waals surface area contributed by atoms with E-state index in [2.05, 4.69) is 20.9 Å². The summed E-state index contributed by atoms with van der Waals surface area (Å²) in [6.45, 7) is 1.96. The van der Waals surface area contributed by atoms with Crippen molar-refractivity contribution in [3.8, 4) is 0 Å². The summed E-state index contributed by atoms with van der Waals surface area (Å²) in [5.41, 5.74) is 3.90. The van der Waals surface area contributed by atoms with E-state index < -0.39 is 0 Å². The third-order valence-corrected chi connectivity index (χ3v) is 3.31. The van der Waals surface area contributed by atoms with Gasteiger partial charge in [0.2, 0.25) is 5.78 Å². The molecule has 1 heterocycles. The molecule has 0 N–H and O–H groups in total. The van der Waals surface area contributed by atoms with Crippen molar-refractivity contribution in [3.05, 3.63) is 50.4 Å². The Labute approximate surface area is 100 Å². The van der Waals surface area contributed by atoms with Crippen LogP contribution in [0.15, 0.2) is 33.6 Å². The molecular formula is C11H8BrNOS. The summed E-state index contributed by atoms with van der Waals surface area (Å²) >= 11 is 4.80. The van der Waals surface area contributed by atoms with Crippen molar-refractivity contribution < 1.29 is 4.79 Å². The van der Waals surface area contributed by atoms with E-state index in [-0.39, 0.29) is 5.78 Å². The molecule has 0 aliphatic rings. The molecule has 0 saturated carbocycles. The van der Waals surface area contributed by atoms with Crippen LogP contribution in [0, 0.1) is 6.92 Å². The predicted molar refractivity (Wildman–Crippen MR) is 64.4 cm³/mol. The van der Waals surface area contributed by atoms with Crippen molar-refractivity contribution in [2.45, 2.75) is 6.92 Å². The lowest BCUT2D eigenvalue weighted by molar-refractivity contribution is 0.103. The van der Waals surface area contributed by atoms with Crippen LogP contribution < -0.4 is 0 Å². The van der Waals surface area contributed by atoms with Gasteiger partial charge in [0.05, 0.1) is 5.51 Å². The van der Waals surface area contributed by atoms with Crippen LogP contribution in [0.5, 0.6) is 0 Å². The molecule has 2 rings (SSSR count). The molecule has 0 unspecified atom stereocenters. The molecule has 0 radical (unpaired) electrons. The number of thiazole rings is 1. The Morgan fingerprint density at radius 1 is 1.47 bits per heavy atom. The van der Waals surface area contributed by atoms with Crippen LogP contribution >= 0.6 is 27.3 Å². The summed E-state index contributed by atoms with van der Waals surface area (Å²) in [6, 6.07) is 5.71. The largest absolute Gasteiger partial charge is 0.287 e. The van der Waals surface area contributed by atoms with E-state index >= 15 is 0 Å². The van der Waals surface area contributed by atoms with Gasteiger partial charge in [-0.15, -0.1) is 11.3 Å². The molecule has 4 heteroatoms. The van der Waals surface area contributed by atoms with Crippen molar-refractivity contribution in [3.63, 3.8) is 0 Å². The van der Waals surface area contributed by atoms with Crippen LogP contribution in [0.3, 0.4) is 0 Å². The molecule has 0 amide bonds. The molecule has 0 saturated heterocycles. The Balaban J connectivity index is 2.46. The molecule has 0 aliphatic carbocycles. The zero-order valence-electron chi connectivity index (χ0n) is 8.03. The van der Waals surface area contributed by atoms with Gasteiger partial charge in [0.1, 0.15) is 5.69 Å². The topological polar surface area (TPSA) is 30.0 Å². The van der Waals surface area contributed by atoms with E-state index in [4.69, 9.17) is 0 Å². The number of ketones is 1. The second kappa shape index (κ2) is 4.24. The van der Waals surface area contributed by atoms with Crippen molar-refractivity contribution in [2.75, 3.05) is 0 Å². The van der Waals surface area contributed by atoms with Crippen LogP contribution in [-0.4, -0.2) is 10.8 Å². The highest BCUT2D eigenvalue weighted by molar-refractivity contribution is 9.10. The summed E-state index contributed by atoms with van der Waals surface area (Å²) in [4.78, 5) is 16.0. The van der Waals surface area contributed by atoms with Crippen LogP contribution in [0.1, 0.15) is 21.6 Å². The van der Waals surface area contributed by atoms with E-state index in [0.717, 1.165) is 10.0 Å². The average Bonchev–Trinajstić information content (AvgIpc) is 2.74. The number of hydrogen-bond acceptors (Lipinski definition) is 3. The number of aryl methyl sites for hydroxylation is 1. The molecule has 1 aromatic heterocycles. The normalized spacial score (nSPS) is 10.3. The molecule has 0 atom stereocenters. The maximum absolute atomic E-state index is 12.0. The van der Waals surface area contributed by atoms with Crippen molar-refractivity contribution >= 4 is 33.0 Å². The van der Waals surface area contributed by atoms with E-state index in [1.165, 1.54) is 11.3 Å². The molecule has 0 aliphatic heterocycles. The first-order valence-electron chi connectivity index (χ1n) is 4.37. The number of nitrogens with zero attached hydrogens (tertiary/aromatic N) is 1. The third kappa shape index (κ3) is 2.16. The second-order valence-electron chi connectivity index (χ2n) is 3.19. The standard InChI is InChI=1S/C11H8BrNOS/c1-7-2-3-9(12)8(4-7)11(14)10-5-15-6-13-10/h2-6H,1H3. The van der Waals surface area contributed by atoms with E-state index in [9.17, 15) is 4.79 Å². The van der Waals surface area contributed by atoms with E-state index in [0.29, 0.717) is 11.3 Å². The first-order valence-corrected chi connectivity index (χ1v) is 6.11. The molecule has 2 aromatic rings. The van der Waals surface area contributed by atoms with E-state index in [1.54, 1.807) is 10.9 Å². The van der Waals surface area contributed by atoms with Crippen LogP contribution in [0.2, 0.25) is 0 Å². The number of carbonyl (C=O) groups excluding carboxylic acids is 1. The zero-order chi connectivity index (χ0) is 10.8. The monoisotopic (exact) mass is 281 g/mol. The summed E-state index contributed by atoms with van der Waals surface area (Å²) in [5.74, 6) is -0.0353. The maximum atomic E-state index is 12.0. The van der Waals surface area contributed by atoms with Gasteiger partial charge in [0.25, 0.3) is 0 Å². The Bertz CT molecular complexity index is 493. The quantitative estimate of drug-likeness (QED) is 0.790. The maximum Gasteiger partial charge on any atom is 0.213 e. The molecule has 15 heavy (non-hydrogen) atoms. The van der Waals surface area contributed by atoms with Crippen molar-refractivity contribution in [2.24, 2.45) is 0 Å². The van der Waals surface area contributed by atoms with Gasteiger partial charge < -0.3 is 0 Å². The summed E-state index contributed by atoms with van der Waals surface area (Å²) in [6.07, 6.45) is 0. The van der Waals surface area contributed by atoms with Crippen molar-refractivity contribution in [1.29, 1.82) is 0 Å². The van der Waals surface area contributed by atoms with Crippen molar-refractivity contribution in [1.82, 2.24) is 4.98 Å². The molecule has 0 bridgehead atoms. The van der Waals surface area contributed by atoms with E-state index in [1.807, 2.05) is 25.1 Å². The van der Waals surface area contributed by atoms with Crippen LogP contribution in [0.25, 0.3) is 0 Å². The fourth-order valence-corrected chi connectivity index (χ4v) is 2.23. The van der Waals surface area contributed by atoms with Crippen LogP contribution in [-0.2, 0) is 0 Å². The Morgan fingerprint density at radius 3 is 2.93 bits per heavy atom. The van der Waals surface area contributed by atoms with Gasteiger partial charge in [0, 0.05) is 15.4 Å². The summed E-state index contributed by atoms with van der Waals surface area (Å²) < 4.78 is 0.811. The molecule has 0 fully saturated rings. The SMILES string of the molecule is Cc1ccc(Br)c(C(=O)c2cscn2)c1. The smallest absolute Gasteiger partial charge is 0.213 e. The Kier molecular flexibility index (Phi) is 2.98. The van der Waals surface area contributed by atoms with Gasteiger partial charge >= 0.3 is 0 Å². The minimum absolute atomic E-state index is 0.0353. The van der Waals surface area contributed by atoms with Gasteiger partial charge in [-0.1, -0.05) is 27.6 Å². The summed E-state index contributed by atoms with van der Waals surface area (Å²) in [5, 5.41) is 1.76. The highest BCUT2D eigenvalue weighted by Gasteiger charge is 2.14. The minimum Gasteiger partial charge on any atom is -0.287 e. The average molecular weight is 282 g/mol. The highest BCUT2D eigenvalue weighted by atomic mass is 79.9. The first kappa shape index (κ1) is 10.5. The number of halogens is 1. The molecule has 0 spiro atoms. The number of carbonyl (C=O) groups is 1. The van der Waals surface area contributed by atoms with Crippen LogP contribution in [0.4, 0.5) is 0 Å². The second-order valence-corrected chi connectivity index (χ2v) is 4.76. The minimum atomic E-state index is -0.0353. The van der Waals surface area contributed by atoms with Gasteiger partial charge in [-0.25, -0.2) is 4.98 Å². The summed E-state index contributed by atoms with van der Waals surface area (Å²) in [7, 11) is 0. The predicted octanol–water partition coefficient (Wildman–Crippen LogP) is 3.45. The van der Waals surface area contributed by atoms with Gasteiger partial charge in [-0.05, 0) is 19.1 Å². The lowest BCUT2D eigenvalue weighted by Gasteiger charge is -2.02. The number of hydrogen-bond donors (Lipinski definition) is 0. The molecule has 76 valence electrons. The molecule has 1 aromatic carbocycles. The lowest BCUT2D eigenvalue weighted by Crippen LogP contribution is -2.02. The Morgan fingerprint density at radius 2 is 2.27 bits per heavy atom. The number of aromatic nitrogens is 1. The molecular weight excluding hydrogens is 274 g/mol. The zero-order valence-corrected chi connectivity index (χ0v) is 10.4. The fraction of sp³-hybridized carbons (Fsp3) is 0.0909. The number of benzene rings is 1. The lowest BCUT2D eigenvalue weighted by atomic mass is 10.1. The third-order valence-electron chi connectivity index (χ3n) is 2.03. The fourth-order valence-electron chi connectivity index (χ4n) is 1.28. The van der Waals surface area contributed by atoms with Gasteiger partial charge in [-0.3, -0.25) is 4.79 Å². The number of rotatable bonds is 2. The highest BCUT2D eigenvalue weighted by Crippen LogP contribution is 2.21. The van der Waals surface area contributed by atoms with Gasteiger partial charge in [-0.2, -0.15) is 0 Å².